The molecule has 1 atom stereocenters. The molecule has 1 aromatic heterocycles. The standard InChI is InChI=1S/C13H15N3O2/c1-10(18-2)13(17)15-11-6-3-4-7-12(11)16-9-5-8-14-16/h3-10H,1-2H3,(H,15,17). The molecule has 0 spiro atoms. The van der Waals surface area contributed by atoms with E-state index in [1.807, 2.05) is 36.5 Å². The van der Waals surface area contributed by atoms with Gasteiger partial charge in [-0.05, 0) is 25.1 Å². The van der Waals surface area contributed by atoms with Crippen LogP contribution in [0.25, 0.3) is 5.69 Å². The Morgan fingerprint density at radius 2 is 2.17 bits per heavy atom. The zero-order valence-corrected chi connectivity index (χ0v) is 10.3. The van der Waals surface area contributed by atoms with E-state index in [-0.39, 0.29) is 5.91 Å². The van der Waals surface area contributed by atoms with Gasteiger partial charge in [-0.1, -0.05) is 12.1 Å². The van der Waals surface area contributed by atoms with Gasteiger partial charge in [0.15, 0.2) is 0 Å². The largest absolute Gasteiger partial charge is 0.372 e. The summed E-state index contributed by atoms with van der Waals surface area (Å²) < 4.78 is 6.68. The number of methoxy groups -OCH3 is 1. The summed E-state index contributed by atoms with van der Waals surface area (Å²) in [6.07, 6.45) is 3.02. The van der Waals surface area contributed by atoms with Crippen LogP contribution in [0.3, 0.4) is 0 Å². The Balaban J connectivity index is 2.26. The lowest BCUT2D eigenvalue weighted by Crippen LogP contribution is -2.27. The summed E-state index contributed by atoms with van der Waals surface area (Å²) >= 11 is 0. The minimum absolute atomic E-state index is 0.183. The summed E-state index contributed by atoms with van der Waals surface area (Å²) in [5.41, 5.74) is 1.52. The SMILES string of the molecule is COC(C)C(=O)Nc1ccccc1-n1cccn1. The fraction of sp³-hybridized carbons (Fsp3) is 0.231. The molecule has 0 aliphatic heterocycles. The maximum Gasteiger partial charge on any atom is 0.253 e. The number of nitrogens with one attached hydrogen (secondary N) is 1. The van der Waals surface area contributed by atoms with E-state index >= 15 is 0 Å². The van der Waals surface area contributed by atoms with Crippen LogP contribution in [0, 0.1) is 0 Å². The van der Waals surface area contributed by atoms with E-state index < -0.39 is 6.10 Å². The average Bonchev–Trinajstić information content (AvgIpc) is 2.92. The van der Waals surface area contributed by atoms with Crippen LogP contribution in [0.2, 0.25) is 0 Å². The number of benzene rings is 1. The summed E-state index contributed by atoms with van der Waals surface area (Å²) in [7, 11) is 1.50. The summed E-state index contributed by atoms with van der Waals surface area (Å²) in [5, 5.41) is 6.98. The highest BCUT2D eigenvalue weighted by Crippen LogP contribution is 2.19. The first-order chi connectivity index (χ1) is 8.72. The molecule has 0 fully saturated rings. The van der Waals surface area contributed by atoms with Gasteiger partial charge >= 0.3 is 0 Å². The molecule has 94 valence electrons. The quantitative estimate of drug-likeness (QED) is 0.894. The Labute approximate surface area is 105 Å². The van der Waals surface area contributed by atoms with E-state index in [0.717, 1.165) is 5.69 Å². The molecule has 1 N–H and O–H groups in total. The molecule has 0 radical (unpaired) electrons. The van der Waals surface area contributed by atoms with E-state index in [1.165, 1.54) is 7.11 Å². The average molecular weight is 245 g/mol. The number of anilines is 1. The van der Waals surface area contributed by atoms with Crippen molar-refractivity contribution in [2.24, 2.45) is 0 Å². The first kappa shape index (κ1) is 12.3. The highest BCUT2D eigenvalue weighted by molar-refractivity contribution is 5.95. The molecule has 0 aliphatic rings. The number of carbonyl (C=O) groups is 1. The second kappa shape index (κ2) is 5.46. The van der Waals surface area contributed by atoms with Crippen LogP contribution in [0.5, 0.6) is 0 Å². The smallest absolute Gasteiger partial charge is 0.253 e. The van der Waals surface area contributed by atoms with Crippen LogP contribution < -0.4 is 5.32 Å². The van der Waals surface area contributed by atoms with Crippen LogP contribution in [-0.4, -0.2) is 28.9 Å². The molecule has 0 saturated carbocycles. The molecule has 5 heteroatoms. The summed E-state index contributed by atoms with van der Waals surface area (Å²) in [4.78, 5) is 11.8. The lowest BCUT2D eigenvalue weighted by atomic mass is 10.2. The maximum atomic E-state index is 11.8. The lowest BCUT2D eigenvalue weighted by molar-refractivity contribution is -0.124. The summed E-state index contributed by atoms with van der Waals surface area (Å²) in [5.74, 6) is -0.183. The summed E-state index contributed by atoms with van der Waals surface area (Å²) in [6.45, 7) is 1.70. The minimum Gasteiger partial charge on any atom is -0.372 e. The van der Waals surface area contributed by atoms with Gasteiger partial charge in [0.05, 0.1) is 11.4 Å². The Morgan fingerprint density at radius 1 is 1.39 bits per heavy atom. The van der Waals surface area contributed by atoms with Gasteiger partial charge in [0.1, 0.15) is 6.10 Å². The zero-order chi connectivity index (χ0) is 13.0. The Bertz CT molecular complexity index is 523. The fourth-order valence-corrected chi connectivity index (χ4v) is 1.53. The molecule has 0 saturated heterocycles. The number of carbonyl (C=O) groups excluding carboxylic acids is 1. The molecular formula is C13H15N3O2. The second-order valence-corrected chi connectivity index (χ2v) is 3.83. The Kier molecular flexibility index (Phi) is 3.74. The van der Waals surface area contributed by atoms with Crippen LogP contribution in [-0.2, 0) is 9.53 Å². The Hall–Kier alpha value is -2.14. The van der Waals surface area contributed by atoms with Gasteiger partial charge in [-0.25, -0.2) is 4.68 Å². The first-order valence-corrected chi connectivity index (χ1v) is 5.65. The molecule has 1 heterocycles. The first-order valence-electron chi connectivity index (χ1n) is 5.65. The van der Waals surface area contributed by atoms with E-state index in [9.17, 15) is 4.79 Å². The van der Waals surface area contributed by atoms with Crippen LogP contribution >= 0.6 is 0 Å². The van der Waals surface area contributed by atoms with E-state index in [0.29, 0.717) is 5.69 Å². The van der Waals surface area contributed by atoms with Crippen LogP contribution in [0.1, 0.15) is 6.92 Å². The number of hydrogen-bond acceptors (Lipinski definition) is 3. The highest BCUT2D eigenvalue weighted by atomic mass is 16.5. The molecule has 0 aliphatic carbocycles. The zero-order valence-electron chi connectivity index (χ0n) is 10.3. The predicted octanol–water partition coefficient (Wildman–Crippen LogP) is 1.85. The third kappa shape index (κ3) is 2.57. The highest BCUT2D eigenvalue weighted by Gasteiger charge is 2.13. The predicted molar refractivity (Wildman–Crippen MR) is 68.7 cm³/mol. The number of rotatable bonds is 4. The van der Waals surface area contributed by atoms with Crippen LogP contribution in [0.15, 0.2) is 42.7 Å². The van der Waals surface area contributed by atoms with Crippen molar-refractivity contribution in [2.45, 2.75) is 13.0 Å². The van der Waals surface area contributed by atoms with Crippen molar-refractivity contribution in [1.29, 1.82) is 0 Å². The normalized spacial score (nSPS) is 12.1. The van der Waals surface area contributed by atoms with Crippen molar-refractivity contribution in [3.8, 4) is 5.69 Å². The molecule has 1 amide bonds. The van der Waals surface area contributed by atoms with Gasteiger partial charge < -0.3 is 10.1 Å². The van der Waals surface area contributed by atoms with Crippen molar-refractivity contribution in [3.63, 3.8) is 0 Å². The van der Waals surface area contributed by atoms with Gasteiger partial charge in [-0.3, -0.25) is 4.79 Å². The molecule has 18 heavy (non-hydrogen) atoms. The van der Waals surface area contributed by atoms with Gasteiger partial charge in [0, 0.05) is 19.5 Å². The van der Waals surface area contributed by atoms with Gasteiger partial charge in [-0.15, -0.1) is 0 Å². The number of aromatic nitrogens is 2. The van der Waals surface area contributed by atoms with Crippen LogP contribution in [0.4, 0.5) is 5.69 Å². The number of para-hydroxylation sites is 2. The molecule has 2 aromatic rings. The fourth-order valence-electron chi connectivity index (χ4n) is 1.53. The monoisotopic (exact) mass is 245 g/mol. The van der Waals surface area contributed by atoms with Crippen molar-refractivity contribution in [2.75, 3.05) is 12.4 Å². The molecule has 2 rings (SSSR count). The van der Waals surface area contributed by atoms with E-state index in [2.05, 4.69) is 10.4 Å². The van der Waals surface area contributed by atoms with Gasteiger partial charge in [0.25, 0.3) is 5.91 Å². The molecule has 5 nitrogen and oxygen atoms in total. The molecule has 1 aromatic carbocycles. The molecule has 0 bridgehead atoms. The summed E-state index contributed by atoms with van der Waals surface area (Å²) in [6, 6.07) is 9.31. The topological polar surface area (TPSA) is 56.1 Å². The van der Waals surface area contributed by atoms with Gasteiger partial charge in [-0.2, -0.15) is 5.10 Å². The third-order valence-electron chi connectivity index (χ3n) is 2.64. The van der Waals surface area contributed by atoms with Crippen molar-refractivity contribution < 1.29 is 9.53 Å². The number of nitrogens with zero attached hydrogens (tertiary/aromatic N) is 2. The Morgan fingerprint density at radius 3 is 2.83 bits per heavy atom. The van der Waals surface area contributed by atoms with Crippen molar-refractivity contribution >= 4 is 11.6 Å². The second-order valence-electron chi connectivity index (χ2n) is 3.83. The third-order valence-corrected chi connectivity index (χ3v) is 2.64. The molecule has 1 unspecified atom stereocenters. The lowest BCUT2D eigenvalue weighted by Gasteiger charge is -2.13. The van der Waals surface area contributed by atoms with E-state index in [1.54, 1.807) is 17.8 Å². The van der Waals surface area contributed by atoms with Crippen molar-refractivity contribution in [1.82, 2.24) is 9.78 Å². The minimum atomic E-state index is -0.490. The number of amides is 1. The van der Waals surface area contributed by atoms with Crippen molar-refractivity contribution in [3.05, 3.63) is 42.7 Å². The number of hydrogen-bond donors (Lipinski definition) is 1. The van der Waals surface area contributed by atoms with Gasteiger partial charge in [0.2, 0.25) is 0 Å². The van der Waals surface area contributed by atoms with E-state index in [4.69, 9.17) is 4.74 Å². The molecular weight excluding hydrogens is 230 g/mol. The maximum absolute atomic E-state index is 11.8. The number of ether oxygens (including phenoxy) is 1.